The number of aryl methyl sites for hydroxylation is 1. The third-order valence-corrected chi connectivity index (χ3v) is 6.61. The van der Waals surface area contributed by atoms with Gasteiger partial charge >= 0.3 is 6.03 Å². The van der Waals surface area contributed by atoms with E-state index in [0.717, 1.165) is 10.9 Å². The van der Waals surface area contributed by atoms with Crippen LogP contribution in [-0.4, -0.2) is 60.6 Å². The first-order chi connectivity index (χ1) is 15.9. The monoisotopic (exact) mass is 471 g/mol. The summed E-state index contributed by atoms with van der Waals surface area (Å²) < 4.78 is 29.3. The highest BCUT2D eigenvalue weighted by Gasteiger charge is 2.24. The van der Waals surface area contributed by atoms with Gasteiger partial charge in [0.15, 0.2) is 22.7 Å². The number of H-pyrrole nitrogens is 1. The molecule has 0 radical (unpaired) electrons. The Morgan fingerprint density at radius 2 is 2.06 bits per heavy atom. The molecule has 1 aromatic carbocycles. The van der Waals surface area contributed by atoms with E-state index >= 15 is 0 Å². The Morgan fingerprint density at radius 1 is 1.27 bits per heavy atom. The highest BCUT2D eigenvalue weighted by Crippen LogP contribution is 2.32. The normalized spacial score (nSPS) is 16.0. The van der Waals surface area contributed by atoms with Gasteiger partial charge in [0.1, 0.15) is 5.01 Å². The van der Waals surface area contributed by atoms with Gasteiger partial charge in [0.25, 0.3) is 0 Å². The van der Waals surface area contributed by atoms with E-state index in [1.807, 2.05) is 6.92 Å². The van der Waals surface area contributed by atoms with Gasteiger partial charge in [-0.1, -0.05) is 6.07 Å². The van der Waals surface area contributed by atoms with Crippen LogP contribution in [0.3, 0.4) is 0 Å². The second-order valence-corrected chi connectivity index (χ2v) is 8.80. The van der Waals surface area contributed by atoms with Gasteiger partial charge in [-0.25, -0.2) is 23.5 Å². The highest BCUT2D eigenvalue weighted by molar-refractivity contribution is 7.15. The number of pyridine rings is 1. The van der Waals surface area contributed by atoms with Crippen molar-refractivity contribution in [1.29, 1.82) is 0 Å². The third-order valence-electron chi connectivity index (χ3n) is 5.43. The van der Waals surface area contributed by atoms with Gasteiger partial charge in [0, 0.05) is 18.7 Å². The van der Waals surface area contributed by atoms with Crippen molar-refractivity contribution in [2.45, 2.75) is 26.0 Å². The Labute approximate surface area is 190 Å². The molecule has 33 heavy (non-hydrogen) atoms. The van der Waals surface area contributed by atoms with Crippen LogP contribution in [-0.2, 0) is 6.54 Å². The van der Waals surface area contributed by atoms with Crippen molar-refractivity contribution in [2.24, 2.45) is 0 Å². The van der Waals surface area contributed by atoms with E-state index in [4.69, 9.17) is 0 Å². The summed E-state index contributed by atoms with van der Waals surface area (Å²) in [5.41, 5.74) is 1.16. The van der Waals surface area contributed by atoms with Gasteiger partial charge in [-0.15, -0.1) is 11.3 Å². The van der Waals surface area contributed by atoms with Crippen molar-refractivity contribution in [3.05, 3.63) is 46.6 Å². The molecule has 4 aromatic rings. The zero-order chi connectivity index (χ0) is 23.1. The molecule has 170 valence electrons. The van der Waals surface area contributed by atoms with Crippen LogP contribution in [0.25, 0.3) is 32.9 Å². The number of rotatable bonds is 4. The van der Waals surface area contributed by atoms with Gasteiger partial charge in [-0.05, 0) is 31.5 Å². The second kappa shape index (κ2) is 8.45. The maximum Gasteiger partial charge on any atom is 0.317 e. The van der Waals surface area contributed by atoms with Crippen LogP contribution in [0.4, 0.5) is 13.6 Å². The molecule has 1 aliphatic rings. The van der Waals surface area contributed by atoms with E-state index in [9.17, 15) is 18.7 Å². The first-order valence-electron chi connectivity index (χ1n) is 10.2. The summed E-state index contributed by atoms with van der Waals surface area (Å²) in [6, 6.07) is 5.88. The number of aliphatic hydroxyl groups is 1. The quantitative estimate of drug-likeness (QED) is 0.421. The molecule has 12 heteroatoms. The molecular formula is C21H19F2N7O2S. The number of β-amino-alcohol motifs (C(OH)–C–C–N with tert-alkyl or cyclic N) is 1. The van der Waals surface area contributed by atoms with E-state index in [1.165, 1.54) is 11.3 Å². The first kappa shape index (κ1) is 21.3. The van der Waals surface area contributed by atoms with Crippen molar-refractivity contribution in [1.82, 2.24) is 35.6 Å². The number of urea groups is 1. The Morgan fingerprint density at radius 3 is 2.85 bits per heavy atom. The average Bonchev–Trinajstić information content (AvgIpc) is 3.54. The zero-order valence-electron chi connectivity index (χ0n) is 17.5. The lowest BCUT2D eigenvalue weighted by Gasteiger charge is -2.15. The summed E-state index contributed by atoms with van der Waals surface area (Å²) >= 11 is 1.36. The smallest absolute Gasteiger partial charge is 0.317 e. The molecule has 0 saturated carbocycles. The van der Waals surface area contributed by atoms with Crippen molar-refractivity contribution in [2.75, 3.05) is 13.1 Å². The molecule has 3 N–H and O–H groups in total. The lowest BCUT2D eigenvalue weighted by Crippen LogP contribution is -2.38. The van der Waals surface area contributed by atoms with E-state index in [0.29, 0.717) is 35.9 Å². The molecule has 4 heterocycles. The molecule has 5 rings (SSSR count). The van der Waals surface area contributed by atoms with Crippen molar-refractivity contribution < 1.29 is 18.7 Å². The predicted molar refractivity (Wildman–Crippen MR) is 117 cm³/mol. The molecule has 1 aliphatic heterocycles. The number of amides is 2. The van der Waals surface area contributed by atoms with Crippen LogP contribution in [0.1, 0.15) is 17.1 Å². The van der Waals surface area contributed by atoms with Crippen LogP contribution < -0.4 is 5.32 Å². The van der Waals surface area contributed by atoms with E-state index in [1.54, 1.807) is 23.1 Å². The number of hydrogen-bond donors (Lipinski definition) is 3. The van der Waals surface area contributed by atoms with Crippen LogP contribution in [0, 0.1) is 18.6 Å². The van der Waals surface area contributed by atoms with Crippen LogP contribution in [0.15, 0.2) is 24.3 Å². The maximum atomic E-state index is 14.9. The number of likely N-dealkylation sites (tertiary alicyclic amines) is 1. The summed E-state index contributed by atoms with van der Waals surface area (Å²) in [5.74, 6) is -1.40. The van der Waals surface area contributed by atoms with E-state index < -0.39 is 17.7 Å². The van der Waals surface area contributed by atoms with Crippen LogP contribution in [0.2, 0.25) is 0 Å². The Hall–Kier alpha value is -3.51. The lowest BCUT2D eigenvalue weighted by molar-refractivity contribution is 0.171. The van der Waals surface area contributed by atoms with Crippen molar-refractivity contribution in [3.8, 4) is 21.8 Å². The molecule has 1 unspecified atom stereocenters. The molecule has 2 amide bonds. The molecule has 0 bridgehead atoms. The van der Waals surface area contributed by atoms with E-state index in [2.05, 4.69) is 30.7 Å². The van der Waals surface area contributed by atoms with Gasteiger partial charge < -0.3 is 15.3 Å². The summed E-state index contributed by atoms with van der Waals surface area (Å²) in [5, 5.41) is 22.6. The Balaban J connectivity index is 1.39. The number of halogens is 2. The number of nitrogens with zero attached hydrogens (tertiary/aromatic N) is 5. The second-order valence-electron chi connectivity index (χ2n) is 7.72. The Kier molecular flexibility index (Phi) is 5.46. The van der Waals surface area contributed by atoms with Gasteiger partial charge in [0.05, 0.1) is 34.6 Å². The molecule has 3 aromatic heterocycles. The fourth-order valence-electron chi connectivity index (χ4n) is 3.79. The largest absolute Gasteiger partial charge is 0.391 e. The predicted octanol–water partition coefficient (Wildman–Crippen LogP) is 3.01. The van der Waals surface area contributed by atoms with Gasteiger partial charge in [-0.2, -0.15) is 15.4 Å². The van der Waals surface area contributed by atoms with Crippen molar-refractivity contribution >= 4 is 28.4 Å². The number of thiazole rings is 1. The number of aromatic nitrogens is 5. The first-order valence-corrected chi connectivity index (χ1v) is 11.1. The summed E-state index contributed by atoms with van der Waals surface area (Å²) in [4.78, 5) is 23.6. The van der Waals surface area contributed by atoms with Crippen LogP contribution >= 0.6 is 11.3 Å². The number of fused-ring (bicyclic) bond motifs is 1. The summed E-state index contributed by atoms with van der Waals surface area (Å²) in [6.07, 6.45) is 0.0930. The minimum absolute atomic E-state index is 0.0156. The van der Waals surface area contributed by atoms with Crippen molar-refractivity contribution in [3.63, 3.8) is 0 Å². The standard InChI is InChI=1S/C21H19F2N7O2S/c1-10-20(33-16(25-10)8-24-21(32)30-6-5-11(31)9-30)15-4-2-3-14(26-15)12-7-13(22)18-19(17(12)23)28-29-27-18/h2-4,7,11,31H,5-6,8-9H2,1H3,(H,24,32)(H,27,28,29). The van der Waals surface area contributed by atoms with E-state index in [-0.39, 0.29) is 34.9 Å². The van der Waals surface area contributed by atoms with Crippen LogP contribution in [0.5, 0.6) is 0 Å². The van der Waals surface area contributed by atoms with Gasteiger partial charge in [-0.3, -0.25) is 0 Å². The SMILES string of the molecule is Cc1nc(CNC(=O)N2CCC(O)C2)sc1-c1cccc(-c2cc(F)c3n[nH]nc3c2F)n1. The van der Waals surface area contributed by atoms with Gasteiger partial charge in [0.2, 0.25) is 0 Å². The number of benzene rings is 1. The molecule has 1 saturated heterocycles. The number of carbonyl (C=O) groups is 1. The minimum Gasteiger partial charge on any atom is -0.391 e. The summed E-state index contributed by atoms with van der Waals surface area (Å²) in [7, 11) is 0. The lowest BCUT2D eigenvalue weighted by atomic mass is 10.1. The zero-order valence-corrected chi connectivity index (χ0v) is 18.3. The highest BCUT2D eigenvalue weighted by atomic mass is 32.1. The minimum atomic E-state index is -0.707. The molecular weight excluding hydrogens is 452 g/mol. The fourth-order valence-corrected chi connectivity index (χ4v) is 4.76. The molecule has 0 spiro atoms. The number of carbonyl (C=O) groups excluding carboxylic acids is 1. The number of aromatic amines is 1. The number of nitrogens with one attached hydrogen (secondary N) is 2. The topological polar surface area (TPSA) is 120 Å². The average molecular weight is 471 g/mol. The maximum absolute atomic E-state index is 14.9. The third kappa shape index (κ3) is 4.02. The number of aliphatic hydroxyl groups excluding tert-OH is 1. The molecule has 1 atom stereocenters. The Bertz CT molecular complexity index is 1360. The number of hydrogen-bond acceptors (Lipinski definition) is 7. The fraction of sp³-hybridized carbons (Fsp3) is 0.286. The summed E-state index contributed by atoms with van der Waals surface area (Å²) in [6.45, 7) is 2.90. The molecule has 9 nitrogen and oxygen atoms in total. The molecule has 0 aliphatic carbocycles. The molecule has 1 fully saturated rings.